The van der Waals surface area contributed by atoms with Crippen LogP contribution in [0.1, 0.15) is 5.56 Å². The lowest BCUT2D eigenvalue weighted by molar-refractivity contribution is 0.0463. The van der Waals surface area contributed by atoms with Crippen LogP contribution in [0.3, 0.4) is 0 Å². The lowest BCUT2D eigenvalue weighted by atomic mass is 10.2. The molecule has 0 amide bonds. The molecule has 0 bridgehead atoms. The molecular formula is C11H14N4O. The molecule has 1 saturated heterocycles. The van der Waals surface area contributed by atoms with E-state index in [-0.39, 0.29) is 6.10 Å². The van der Waals surface area contributed by atoms with Crippen molar-refractivity contribution in [2.24, 2.45) is 5.73 Å². The minimum absolute atomic E-state index is 0.0299. The Hall–Kier alpha value is -1.64. The lowest BCUT2D eigenvalue weighted by Gasteiger charge is -2.33. The molecule has 0 radical (unpaired) electrons. The molecule has 1 aromatic rings. The summed E-state index contributed by atoms with van der Waals surface area (Å²) in [5.41, 5.74) is 6.17. The van der Waals surface area contributed by atoms with Gasteiger partial charge in [0.15, 0.2) is 0 Å². The Bertz CT molecular complexity index is 401. The SMILES string of the molecule is N#Cc1cccnc1N1CCOC(CN)C1. The molecule has 0 aliphatic carbocycles. The topological polar surface area (TPSA) is 75.2 Å². The van der Waals surface area contributed by atoms with Gasteiger partial charge in [-0.3, -0.25) is 0 Å². The Labute approximate surface area is 94.4 Å². The van der Waals surface area contributed by atoms with E-state index in [9.17, 15) is 0 Å². The molecule has 1 atom stereocenters. The highest BCUT2D eigenvalue weighted by atomic mass is 16.5. The number of nitrogens with two attached hydrogens (primary N) is 1. The zero-order valence-corrected chi connectivity index (χ0v) is 8.97. The van der Waals surface area contributed by atoms with Gasteiger partial charge in [-0.2, -0.15) is 5.26 Å². The second-order valence-electron chi connectivity index (χ2n) is 3.66. The van der Waals surface area contributed by atoms with Gasteiger partial charge in [0.2, 0.25) is 0 Å². The van der Waals surface area contributed by atoms with Crippen LogP contribution in [0.15, 0.2) is 18.3 Å². The zero-order valence-electron chi connectivity index (χ0n) is 8.97. The molecule has 2 rings (SSSR count). The molecule has 1 aromatic heterocycles. The summed E-state index contributed by atoms with van der Waals surface area (Å²) in [4.78, 5) is 6.30. The van der Waals surface area contributed by atoms with Crippen LogP contribution in [0.4, 0.5) is 5.82 Å². The monoisotopic (exact) mass is 218 g/mol. The van der Waals surface area contributed by atoms with E-state index in [0.29, 0.717) is 25.3 Å². The van der Waals surface area contributed by atoms with Gasteiger partial charge in [-0.1, -0.05) is 0 Å². The normalized spacial score (nSPS) is 20.5. The zero-order chi connectivity index (χ0) is 11.4. The first-order chi connectivity index (χ1) is 7.85. The summed E-state index contributed by atoms with van der Waals surface area (Å²) in [7, 11) is 0. The molecule has 0 saturated carbocycles. The van der Waals surface area contributed by atoms with Gasteiger partial charge in [-0.15, -0.1) is 0 Å². The van der Waals surface area contributed by atoms with E-state index in [1.165, 1.54) is 0 Å². The van der Waals surface area contributed by atoms with Crippen LogP contribution in [-0.4, -0.2) is 37.3 Å². The molecular weight excluding hydrogens is 204 g/mol. The molecule has 1 unspecified atom stereocenters. The van der Waals surface area contributed by atoms with E-state index >= 15 is 0 Å². The number of morpholine rings is 1. The second-order valence-corrected chi connectivity index (χ2v) is 3.66. The van der Waals surface area contributed by atoms with Gasteiger partial charge >= 0.3 is 0 Å². The third kappa shape index (κ3) is 2.13. The molecule has 16 heavy (non-hydrogen) atoms. The van der Waals surface area contributed by atoms with Crippen molar-refractivity contribution in [3.63, 3.8) is 0 Å². The first-order valence-electron chi connectivity index (χ1n) is 5.27. The molecule has 5 heteroatoms. The summed E-state index contributed by atoms with van der Waals surface area (Å²) < 4.78 is 5.47. The third-order valence-electron chi connectivity index (χ3n) is 2.61. The van der Waals surface area contributed by atoms with Crippen LogP contribution in [0, 0.1) is 11.3 Å². The van der Waals surface area contributed by atoms with Crippen molar-refractivity contribution in [1.29, 1.82) is 5.26 Å². The number of rotatable bonds is 2. The van der Waals surface area contributed by atoms with Crippen LogP contribution in [0.5, 0.6) is 0 Å². The second kappa shape index (κ2) is 4.92. The maximum atomic E-state index is 9.00. The molecule has 5 nitrogen and oxygen atoms in total. The Kier molecular flexibility index (Phi) is 3.34. The highest BCUT2D eigenvalue weighted by molar-refractivity contribution is 5.53. The number of nitriles is 1. The number of aromatic nitrogens is 1. The number of pyridine rings is 1. The quantitative estimate of drug-likeness (QED) is 0.763. The molecule has 2 N–H and O–H groups in total. The van der Waals surface area contributed by atoms with Crippen molar-refractivity contribution >= 4 is 5.82 Å². The van der Waals surface area contributed by atoms with E-state index in [4.69, 9.17) is 15.7 Å². The minimum atomic E-state index is 0.0299. The predicted molar refractivity (Wildman–Crippen MR) is 60.0 cm³/mol. The smallest absolute Gasteiger partial charge is 0.146 e. The van der Waals surface area contributed by atoms with Crippen LogP contribution < -0.4 is 10.6 Å². The number of ether oxygens (including phenoxy) is 1. The Morgan fingerprint density at radius 1 is 1.69 bits per heavy atom. The molecule has 0 spiro atoms. The van der Waals surface area contributed by atoms with Gasteiger partial charge in [-0.25, -0.2) is 4.98 Å². The summed E-state index contributed by atoms with van der Waals surface area (Å²) >= 11 is 0. The Morgan fingerprint density at radius 2 is 2.56 bits per heavy atom. The van der Waals surface area contributed by atoms with Crippen LogP contribution in [0.2, 0.25) is 0 Å². The van der Waals surface area contributed by atoms with Crippen molar-refractivity contribution in [3.8, 4) is 6.07 Å². The minimum Gasteiger partial charge on any atom is -0.373 e. The largest absolute Gasteiger partial charge is 0.373 e. The van der Waals surface area contributed by atoms with Crippen LogP contribution >= 0.6 is 0 Å². The summed E-state index contributed by atoms with van der Waals surface area (Å²) in [5.74, 6) is 0.728. The fourth-order valence-corrected chi connectivity index (χ4v) is 1.79. The first-order valence-corrected chi connectivity index (χ1v) is 5.27. The Morgan fingerprint density at radius 3 is 3.31 bits per heavy atom. The Balaban J connectivity index is 2.20. The highest BCUT2D eigenvalue weighted by Gasteiger charge is 2.21. The third-order valence-corrected chi connectivity index (χ3v) is 2.61. The lowest BCUT2D eigenvalue weighted by Crippen LogP contribution is -2.46. The number of anilines is 1. The highest BCUT2D eigenvalue weighted by Crippen LogP contribution is 2.18. The summed E-state index contributed by atoms with van der Waals surface area (Å²) in [6.45, 7) is 2.57. The number of nitrogens with zero attached hydrogens (tertiary/aromatic N) is 3. The standard InChI is InChI=1S/C11H14N4O/c12-6-9-2-1-3-14-11(9)15-4-5-16-10(7-13)8-15/h1-3,10H,4-5,7-8,13H2. The summed E-state index contributed by atoms with van der Waals surface area (Å²) in [5, 5.41) is 9.00. The number of hydrogen-bond donors (Lipinski definition) is 1. The average molecular weight is 218 g/mol. The van der Waals surface area contributed by atoms with Crippen LogP contribution in [-0.2, 0) is 4.74 Å². The maximum Gasteiger partial charge on any atom is 0.146 e. The number of hydrogen-bond acceptors (Lipinski definition) is 5. The van der Waals surface area contributed by atoms with Crippen molar-refractivity contribution < 1.29 is 4.74 Å². The fraction of sp³-hybridized carbons (Fsp3) is 0.455. The molecule has 84 valence electrons. The molecule has 0 aromatic carbocycles. The van der Waals surface area contributed by atoms with E-state index in [0.717, 1.165) is 12.4 Å². The summed E-state index contributed by atoms with van der Waals surface area (Å²) in [6, 6.07) is 5.69. The van der Waals surface area contributed by atoms with Crippen LogP contribution in [0.25, 0.3) is 0 Å². The summed E-state index contributed by atoms with van der Waals surface area (Å²) in [6.07, 6.45) is 1.73. The van der Waals surface area contributed by atoms with Gasteiger partial charge in [0.25, 0.3) is 0 Å². The van der Waals surface area contributed by atoms with Gasteiger partial charge in [0.1, 0.15) is 11.9 Å². The van der Waals surface area contributed by atoms with Gasteiger partial charge < -0.3 is 15.4 Å². The predicted octanol–water partition coefficient (Wildman–Crippen LogP) is 0.117. The molecule has 2 heterocycles. The van der Waals surface area contributed by atoms with Crippen molar-refractivity contribution in [3.05, 3.63) is 23.9 Å². The molecule has 1 aliphatic rings. The van der Waals surface area contributed by atoms with E-state index < -0.39 is 0 Å². The maximum absolute atomic E-state index is 9.00. The van der Waals surface area contributed by atoms with Gasteiger partial charge in [-0.05, 0) is 12.1 Å². The molecule has 1 aliphatic heterocycles. The van der Waals surface area contributed by atoms with Crippen molar-refractivity contribution in [2.45, 2.75) is 6.10 Å². The first kappa shape index (κ1) is 10.9. The van der Waals surface area contributed by atoms with Crippen molar-refractivity contribution in [2.75, 3.05) is 31.1 Å². The van der Waals surface area contributed by atoms with E-state index in [1.807, 2.05) is 0 Å². The molecule has 1 fully saturated rings. The fourth-order valence-electron chi connectivity index (χ4n) is 1.79. The van der Waals surface area contributed by atoms with Crippen molar-refractivity contribution in [1.82, 2.24) is 4.98 Å². The van der Waals surface area contributed by atoms with E-state index in [2.05, 4.69) is 16.0 Å². The van der Waals surface area contributed by atoms with Gasteiger partial charge in [0.05, 0.1) is 18.3 Å². The van der Waals surface area contributed by atoms with E-state index in [1.54, 1.807) is 18.3 Å². The van der Waals surface area contributed by atoms with Gasteiger partial charge in [0, 0.05) is 25.8 Å². The average Bonchev–Trinajstić information content (AvgIpc) is 2.38.